The van der Waals surface area contributed by atoms with Gasteiger partial charge in [0.15, 0.2) is 0 Å². The number of hydrogen-bond acceptors (Lipinski definition) is 5. The largest absolute Gasteiger partial charge is 0.350 e. The number of carbonyl (C=O) groups is 1. The summed E-state index contributed by atoms with van der Waals surface area (Å²) < 4.78 is 0. The summed E-state index contributed by atoms with van der Waals surface area (Å²) in [5.74, 6) is -0.0250. The minimum atomic E-state index is -0.424. The van der Waals surface area contributed by atoms with Crippen LogP contribution in [0.3, 0.4) is 0 Å². The van der Waals surface area contributed by atoms with Crippen LogP contribution in [0.5, 0.6) is 0 Å². The summed E-state index contributed by atoms with van der Waals surface area (Å²) in [7, 11) is 3.69. The Balaban J connectivity index is 1.96. The van der Waals surface area contributed by atoms with E-state index < -0.39 is 4.92 Å². The van der Waals surface area contributed by atoms with Crippen LogP contribution in [0.2, 0.25) is 0 Å². The molecule has 7 nitrogen and oxygen atoms in total. The van der Waals surface area contributed by atoms with Gasteiger partial charge in [0.2, 0.25) is 5.91 Å². The number of rotatable bonds is 7. The van der Waals surface area contributed by atoms with Crippen molar-refractivity contribution >= 4 is 11.6 Å². The van der Waals surface area contributed by atoms with E-state index in [0.717, 1.165) is 24.8 Å². The van der Waals surface area contributed by atoms with Gasteiger partial charge in [0, 0.05) is 24.2 Å². The molecule has 7 heteroatoms. The molecule has 1 aliphatic carbocycles. The number of amides is 1. The number of nitro benzene ring substituents is 1. The van der Waals surface area contributed by atoms with Gasteiger partial charge in [0.1, 0.15) is 0 Å². The molecule has 1 aliphatic rings. The summed E-state index contributed by atoms with van der Waals surface area (Å²) in [6.45, 7) is 0. The number of non-ortho nitro benzene ring substituents is 1. The van der Waals surface area contributed by atoms with Crippen molar-refractivity contribution < 1.29 is 9.72 Å². The smallest absolute Gasteiger partial charge is 0.269 e. The predicted molar refractivity (Wildman–Crippen MR) is 92.9 cm³/mol. The van der Waals surface area contributed by atoms with E-state index in [1.54, 1.807) is 19.2 Å². The van der Waals surface area contributed by atoms with Crippen LogP contribution >= 0.6 is 0 Å². The minimum absolute atomic E-state index is 0.0250. The summed E-state index contributed by atoms with van der Waals surface area (Å²) in [4.78, 5) is 22.9. The Kier molecular flexibility index (Phi) is 6.69. The van der Waals surface area contributed by atoms with Gasteiger partial charge in [0.05, 0.1) is 11.0 Å². The third-order valence-corrected chi connectivity index (χ3v) is 4.72. The zero-order valence-corrected chi connectivity index (χ0v) is 14.2. The summed E-state index contributed by atoms with van der Waals surface area (Å²) in [6.07, 6.45) is 4.89. The fourth-order valence-electron chi connectivity index (χ4n) is 3.25. The van der Waals surface area contributed by atoms with Crippen LogP contribution in [0.1, 0.15) is 31.2 Å². The predicted octanol–water partition coefficient (Wildman–Crippen LogP) is 1.37. The highest BCUT2D eigenvalue weighted by molar-refractivity contribution is 5.82. The highest BCUT2D eigenvalue weighted by atomic mass is 16.6. The van der Waals surface area contributed by atoms with Crippen molar-refractivity contribution in [2.45, 2.75) is 50.2 Å². The second kappa shape index (κ2) is 8.75. The number of likely N-dealkylation sites (N-methyl/N-ethyl adjacent to an activating group) is 2. The van der Waals surface area contributed by atoms with E-state index in [1.807, 2.05) is 7.05 Å². The molecule has 0 aliphatic heterocycles. The molecule has 1 saturated carbocycles. The summed E-state index contributed by atoms with van der Waals surface area (Å²) in [6, 6.07) is 6.46. The molecular weight excluding hydrogens is 308 g/mol. The molecular formula is C17H26N4O3. The van der Waals surface area contributed by atoms with Gasteiger partial charge in [-0.05, 0) is 38.9 Å². The number of nitro groups is 1. The maximum absolute atomic E-state index is 12.6. The SMILES string of the molecule is CNC1CCCCC1NC(=O)[C@@H](Cc1ccc([N+](=O)[O-])cc1)NC. The summed E-state index contributed by atoms with van der Waals surface area (Å²) in [5.41, 5.74) is 0.951. The Morgan fingerprint density at radius 2 is 1.83 bits per heavy atom. The van der Waals surface area contributed by atoms with Gasteiger partial charge in [0.25, 0.3) is 5.69 Å². The number of hydrogen-bond donors (Lipinski definition) is 3. The second-order valence-electron chi connectivity index (χ2n) is 6.26. The van der Waals surface area contributed by atoms with E-state index in [-0.39, 0.29) is 23.7 Å². The minimum Gasteiger partial charge on any atom is -0.350 e. The molecule has 3 atom stereocenters. The van der Waals surface area contributed by atoms with Crippen LogP contribution in [0.25, 0.3) is 0 Å². The maximum atomic E-state index is 12.6. The number of benzene rings is 1. The lowest BCUT2D eigenvalue weighted by molar-refractivity contribution is -0.384. The first-order valence-electron chi connectivity index (χ1n) is 8.43. The third kappa shape index (κ3) is 4.75. The van der Waals surface area contributed by atoms with Crippen molar-refractivity contribution in [3.05, 3.63) is 39.9 Å². The van der Waals surface area contributed by atoms with Gasteiger partial charge < -0.3 is 16.0 Å². The van der Waals surface area contributed by atoms with Crippen LogP contribution in [-0.4, -0.2) is 43.1 Å². The standard InChI is InChI=1S/C17H26N4O3/c1-18-14-5-3-4-6-15(14)20-17(22)16(19-2)11-12-7-9-13(10-8-12)21(23)24/h7-10,14-16,18-19H,3-6,11H2,1-2H3,(H,20,22)/t14?,15?,16-/m1/s1. The number of nitrogens with one attached hydrogen (secondary N) is 3. The first kappa shape index (κ1) is 18.4. The fraction of sp³-hybridized carbons (Fsp3) is 0.588. The molecule has 0 bridgehead atoms. The van der Waals surface area contributed by atoms with E-state index in [1.165, 1.54) is 18.6 Å². The number of nitrogens with zero attached hydrogens (tertiary/aromatic N) is 1. The fourth-order valence-corrected chi connectivity index (χ4v) is 3.25. The van der Waals surface area contributed by atoms with Gasteiger partial charge in [-0.3, -0.25) is 14.9 Å². The first-order chi connectivity index (χ1) is 11.5. The van der Waals surface area contributed by atoms with Crippen LogP contribution in [0.4, 0.5) is 5.69 Å². The van der Waals surface area contributed by atoms with Crippen molar-refractivity contribution in [3.8, 4) is 0 Å². The molecule has 0 heterocycles. The molecule has 132 valence electrons. The van der Waals surface area contributed by atoms with Crippen LogP contribution in [0.15, 0.2) is 24.3 Å². The topological polar surface area (TPSA) is 96.3 Å². The van der Waals surface area contributed by atoms with Gasteiger partial charge in [-0.15, -0.1) is 0 Å². The lowest BCUT2D eigenvalue weighted by Gasteiger charge is -2.33. The summed E-state index contributed by atoms with van der Waals surface area (Å²) >= 11 is 0. The Morgan fingerprint density at radius 1 is 1.21 bits per heavy atom. The van der Waals surface area contributed by atoms with E-state index in [0.29, 0.717) is 12.5 Å². The van der Waals surface area contributed by atoms with Crippen molar-refractivity contribution in [2.24, 2.45) is 0 Å². The van der Waals surface area contributed by atoms with Crippen LogP contribution < -0.4 is 16.0 Å². The third-order valence-electron chi connectivity index (χ3n) is 4.72. The molecule has 2 rings (SSSR count). The molecule has 0 aromatic heterocycles. The zero-order valence-electron chi connectivity index (χ0n) is 14.2. The van der Waals surface area contributed by atoms with Gasteiger partial charge in [-0.25, -0.2) is 0 Å². The lowest BCUT2D eigenvalue weighted by Crippen LogP contribution is -2.55. The molecule has 3 N–H and O–H groups in total. The Morgan fingerprint density at radius 3 is 2.38 bits per heavy atom. The Bertz CT molecular complexity index is 561. The molecule has 1 aromatic carbocycles. The zero-order chi connectivity index (χ0) is 17.5. The molecule has 0 radical (unpaired) electrons. The average molecular weight is 334 g/mol. The molecule has 1 aromatic rings. The highest BCUT2D eigenvalue weighted by Gasteiger charge is 2.27. The molecule has 24 heavy (non-hydrogen) atoms. The van der Waals surface area contributed by atoms with Gasteiger partial charge in [-0.1, -0.05) is 25.0 Å². The normalized spacial score (nSPS) is 21.9. The quantitative estimate of drug-likeness (QED) is 0.517. The second-order valence-corrected chi connectivity index (χ2v) is 6.26. The van der Waals surface area contributed by atoms with E-state index in [9.17, 15) is 14.9 Å². The van der Waals surface area contributed by atoms with Crippen LogP contribution in [-0.2, 0) is 11.2 Å². The molecule has 0 spiro atoms. The maximum Gasteiger partial charge on any atom is 0.269 e. The lowest BCUT2D eigenvalue weighted by atomic mass is 9.90. The van der Waals surface area contributed by atoms with E-state index in [4.69, 9.17) is 0 Å². The monoisotopic (exact) mass is 334 g/mol. The first-order valence-corrected chi connectivity index (χ1v) is 8.43. The number of carbonyl (C=O) groups excluding carboxylic acids is 1. The van der Waals surface area contributed by atoms with E-state index in [2.05, 4.69) is 16.0 Å². The molecule has 0 saturated heterocycles. The Hall–Kier alpha value is -1.99. The van der Waals surface area contributed by atoms with Gasteiger partial charge in [-0.2, -0.15) is 0 Å². The van der Waals surface area contributed by atoms with Crippen molar-refractivity contribution in [2.75, 3.05) is 14.1 Å². The molecule has 2 unspecified atom stereocenters. The van der Waals surface area contributed by atoms with Crippen molar-refractivity contribution in [1.82, 2.24) is 16.0 Å². The summed E-state index contributed by atoms with van der Waals surface area (Å²) in [5, 5.41) is 20.2. The van der Waals surface area contributed by atoms with Crippen LogP contribution in [0, 0.1) is 10.1 Å². The highest BCUT2D eigenvalue weighted by Crippen LogP contribution is 2.19. The Labute approximate surface area is 142 Å². The molecule has 1 fully saturated rings. The molecule has 1 amide bonds. The van der Waals surface area contributed by atoms with Gasteiger partial charge >= 0.3 is 0 Å². The van der Waals surface area contributed by atoms with Crippen molar-refractivity contribution in [1.29, 1.82) is 0 Å². The van der Waals surface area contributed by atoms with E-state index >= 15 is 0 Å². The van der Waals surface area contributed by atoms with Crippen molar-refractivity contribution in [3.63, 3.8) is 0 Å². The average Bonchev–Trinajstić information content (AvgIpc) is 2.60.